The molecule has 0 aromatic heterocycles. The van der Waals surface area contributed by atoms with Crippen molar-refractivity contribution in [2.24, 2.45) is 11.5 Å². The first kappa shape index (κ1) is 39.3. The summed E-state index contributed by atoms with van der Waals surface area (Å²) in [7, 11) is 0. The van der Waals surface area contributed by atoms with Crippen molar-refractivity contribution in [1.29, 1.82) is 0 Å². The first-order valence-corrected chi connectivity index (χ1v) is 13.7. The third-order valence-electron chi connectivity index (χ3n) is 5.30. The van der Waals surface area contributed by atoms with Crippen LogP contribution in [-0.2, 0) is 20.8 Å². The maximum absolute atomic E-state index is 12.1. The van der Waals surface area contributed by atoms with Gasteiger partial charge in [-0.3, -0.25) is 14.4 Å². The number of nitrogens with two attached hydrogens (primary N) is 2. The molecule has 38 heavy (non-hydrogen) atoms. The van der Waals surface area contributed by atoms with Gasteiger partial charge < -0.3 is 21.7 Å². The lowest BCUT2D eigenvalue weighted by Gasteiger charge is -2.41. The van der Waals surface area contributed by atoms with Crippen LogP contribution in [0.1, 0.15) is 79.7 Å². The minimum atomic E-state index is -0.635. The molecule has 3 atom stereocenters. The predicted octanol–water partition coefficient (Wildman–Crippen LogP) is 5.31. The molecule has 1 saturated heterocycles. The van der Waals surface area contributed by atoms with Crippen molar-refractivity contribution in [3.63, 3.8) is 0 Å². The van der Waals surface area contributed by atoms with E-state index < -0.39 is 18.0 Å². The van der Waals surface area contributed by atoms with E-state index in [0.29, 0.717) is 12.8 Å². The van der Waals surface area contributed by atoms with Crippen LogP contribution in [0.15, 0.2) is 67.3 Å². The molecule has 0 bridgehead atoms. The zero-order valence-electron chi connectivity index (χ0n) is 24.9. The standard InChI is InChI=1S/C11H19N3O3.C8H10.C8H12.C2H7N.C2H6/c1-3-8-4-5-9(13-6-15)11(17)14(8)7(2)10(12)16;1-2-8-6-4-3-5-7-8;1-3-5-7-8-6-4-2;1-2-3;1-2/h6-9H,3-5H2,1-2H3,(H2,12,16)(H,13,15);3-7H,2H2,1H3;3-4,6-8H,1,5H2,2H3;2-3H2,1H3;1-2H3/b;;6-4-,8-7?;;/t7-,8+,9-;;;;/m0..../s1. The Hall–Kier alpha value is -3.19. The van der Waals surface area contributed by atoms with Crippen molar-refractivity contribution >= 4 is 18.2 Å². The third-order valence-corrected chi connectivity index (χ3v) is 5.30. The number of hydrogen-bond acceptors (Lipinski definition) is 4. The van der Waals surface area contributed by atoms with Crippen molar-refractivity contribution in [3.05, 3.63) is 72.9 Å². The summed E-state index contributed by atoms with van der Waals surface area (Å²) in [5.41, 5.74) is 11.5. The summed E-state index contributed by atoms with van der Waals surface area (Å²) in [5, 5.41) is 2.48. The van der Waals surface area contributed by atoms with E-state index in [2.05, 4.69) is 49.2 Å². The van der Waals surface area contributed by atoms with Gasteiger partial charge in [0.25, 0.3) is 0 Å². The topological polar surface area (TPSA) is 119 Å². The smallest absolute Gasteiger partial charge is 0.246 e. The van der Waals surface area contributed by atoms with Crippen molar-refractivity contribution in [3.8, 4) is 0 Å². The molecule has 1 aliphatic heterocycles. The Balaban J connectivity index is -0.000000488. The summed E-state index contributed by atoms with van der Waals surface area (Å²) in [6.07, 6.45) is 14.7. The molecule has 5 N–H and O–H groups in total. The molecule has 0 unspecified atom stereocenters. The van der Waals surface area contributed by atoms with Crippen LogP contribution in [0.2, 0.25) is 0 Å². The molecular formula is C31H54N4O3. The Morgan fingerprint density at radius 3 is 2.13 bits per heavy atom. The lowest BCUT2D eigenvalue weighted by atomic mass is 9.94. The fraction of sp³-hybridized carbons (Fsp3) is 0.516. The number of likely N-dealkylation sites (tertiary alicyclic amines) is 1. The number of carbonyl (C=O) groups is 3. The first-order chi connectivity index (χ1) is 18.3. The number of nitrogens with one attached hydrogen (secondary N) is 1. The molecule has 0 aliphatic carbocycles. The summed E-state index contributed by atoms with van der Waals surface area (Å²) in [6, 6.07) is 9.31. The van der Waals surface area contributed by atoms with Gasteiger partial charge >= 0.3 is 0 Å². The van der Waals surface area contributed by atoms with Crippen LogP contribution in [-0.4, -0.2) is 47.8 Å². The van der Waals surface area contributed by atoms with Crippen LogP contribution in [0.3, 0.4) is 0 Å². The number of rotatable bonds is 9. The maximum atomic E-state index is 12.1. The van der Waals surface area contributed by atoms with E-state index in [1.807, 2.05) is 65.0 Å². The largest absolute Gasteiger partial charge is 0.368 e. The highest BCUT2D eigenvalue weighted by Crippen LogP contribution is 2.23. The Kier molecular flexibility index (Phi) is 29.4. The number of carbonyl (C=O) groups excluding carboxylic acids is 3. The monoisotopic (exact) mass is 530 g/mol. The quantitative estimate of drug-likeness (QED) is 0.228. The SMILES string of the molecule is C=CCC=C/C=C\C.CC.CCN.CC[C@@H]1CC[C@H](NC=O)C(=O)N1[C@@H](C)C(N)=O.CCc1ccccc1. The Morgan fingerprint density at radius 2 is 1.74 bits per heavy atom. The minimum absolute atomic E-state index is 0.0229. The number of allylic oxidation sites excluding steroid dienone is 5. The highest BCUT2D eigenvalue weighted by atomic mass is 16.2. The summed E-state index contributed by atoms with van der Waals surface area (Å²) >= 11 is 0. The Bertz CT molecular complexity index is 779. The second kappa shape index (κ2) is 28.4. The second-order valence-electron chi connectivity index (χ2n) is 8.03. The number of primary amides is 1. The summed E-state index contributed by atoms with van der Waals surface area (Å²) in [6.45, 7) is 18.0. The van der Waals surface area contributed by atoms with Crippen molar-refractivity contribution < 1.29 is 14.4 Å². The zero-order valence-corrected chi connectivity index (χ0v) is 24.9. The normalized spacial score (nSPS) is 16.7. The lowest BCUT2D eigenvalue weighted by Crippen LogP contribution is -2.60. The van der Waals surface area contributed by atoms with Crippen LogP contribution >= 0.6 is 0 Å². The average Bonchev–Trinajstić information content (AvgIpc) is 2.94. The van der Waals surface area contributed by atoms with E-state index in [0.717, 1.165) is 32.2 Å². The van der Waals surface area contributed by atoms with Gasteiger partial charge in [-0.1, -0.05) is 95.3 Å². The minimum Gasteiger partial charge on any atom is -0.368 e. The summed E-state index contributed by atoms with van der Waals surface area (Å²) < 4.78 is 0. The molecule has 1 fully saturated rings. The first-order valence-electron chi connectivity index (χ1n) is 13.7. The van der Waals surface area contributed by atoms with E-state index in [4.69, 9.17) is 11.5 Å². The molecule has 1 aromatic rings. The number of hydrogen-bond donors (Lipinski definition) is 3. The van der Waals surface area contributed by atoms with Gasteiger partial charge in [0.05, 0.1) is 0 Å². The molecular weight excluding hydrogens is 476 g/mol. The fourth-order valence-electron chi connectivity index (χ4n) is 3.34. The second-order valence-corrected chi connectivity index (χ2v) is 8.03. The van der Waals surface area contributed by atoms with E-state index in [1.54, 1.807) is 6.92 Å². The zero-order chi connectivity index (χ0) is 29.8. The van der Waals surface area contributed by atoms with Crippen molar-refractivity contribution in [2.75, 3.05) is 6.54 Å². The average molecular weight is 531 g/mol. The molecule has 3 amide bonds. The Morgan fingerprint density at radius 1 is 1.16 bits per heavy atom. The van der Waals surface area contributed by atoms with Crippen LogP contribution in [0.25, 0.3) is 0 Å². The third kappa shape index (κ3) is 19.0. The molecule has 0 saturated carbocycles. The van der Waals surface area contributed by atoms with Gasteiger partial charge in [0, 0.05) is 6.04 Å². The number of piperidine rings is 1. The van der Waals surface area contributed by atoms with Gasteiger partial charge in [-0.2, -0.15) is 0 Å². The highest BCUT2D eigenvalue weighted by Gasteiger charge is 2.38. The molecule has 0 radical (unpaired) electrons. The van der Waals surface area contributed by atoms with Crippen LogP contribution < -0.4 is 16.8 Å². The van der Waals surface area contributed by atoms with E-state index in [9.17, 15) is 14.4 Å². The molecule has 0 spiro atoms. The van der Waals surface area contributed by atoms with Gasteiger partial charge in [0.1, 0.15) is 12.1 Å². The predicted molar refractivity (Wildman–Crippen MR) is 162 cm³/mol. The maximum Gasteiger partial charge on any atom is 0.246 e. The molecule has 216 valence electrons. The summed E-state index contributed by atoms with van der Waals surface area (Å²) in [4.78, 5) is 35.2. The number of aryl methyl sites for hydroxylation is 1. The van der Waals surface area contributed by atoms with Crippen LogP contribution in [0.4, 0.5) is 0 Å². The van der Waals surface area contributed by atoms with Gasteiger partial charge in [-0.25, -0.2) is 0 Å². The van der Waals surface area contributed by atoms with E-state index >= 15 is 0 Å². The molecule has 7 nitrogen and oxygen atoms in total. The number of benzene rings is 1. The number of amides is 3. The van der Waals surface area contributed by atoms with Crippen molar-refractivity contribution in [2.45, 2.75) is 98.7 Å². The molecule has 2 rings (SSSR count). The van der Waals surface area contributed by atoms with Gasteiger partial charge in [-0.15, -0.1) is 6.58 Å². The highest BCUT2D eigenvalue weighted by molar-refractivity contribution is 5.90. The number of nitrogens with zero attached hydrogens (tertiary/aromatic N) is 1. The van der Waals surface area contributed by atoms with Gasteiger partial charge in [0.15, 0.2) is 0 Å². The lowest BCUT2D eigenvalue weighted by molar-refractivity contribution is -0.147. The summed E-state index contributed by atoms with van der Waals surface area (Å²) in [5.74, 6) is -0.745. The van der Waals surface area contributed by atoms with E-state index in [1.165, 1.54) is 10.5 Å². The molecule has 7 heteroatoms. The van der Waals surface area contributed by atoms with Crippen LogP contribution in [0, 0.1) is 0 Å². The van der Waals surface area contributed by atoms with Gasteiger partial charge in [0.2, 0.25) is 18.2 Å². The Labute approximate surface area is 232 Å². The molecule has 1 aliphatic rings. The van der Waals surface area contributed by atoms with Gasteiger partial charge in [-0.05, 0) is 58.1 Å². The van der Waals surface area contributed by atoms with Crippen molar-refractivity contribution in [1.82, 2.24) is 10.2 Å². The fourth-order valence-corrected chi connectivity index (χ4v) is 3.34. The molecule has 1 aromatic carbocycles. The van der Waals surface area contributed by atoms with Crippen LogP contribution in [0.5, 0.6) is 0 Å². The van der Waals surface area contributed by atoms with E-state index in [-0.39, 0.29) is 11.9 Å². The molecule has 1 heterocycles.